The van der Waals surface area contributed by atoms with Crippen LogP contribution in [0.15, 0.2) is 47.4 Å². The maximum Gasteiger partial charge on any atom is 0.251 e. The van der Waals surface area contributed by atoms with Crippen LogP contribution in [0.25, 0.3) is 0 Å². The van der Waals surface area contributed by atoms with Crippen molar-refractivity contribution in [1.82, 2.24) is 14.9 Å². The maximum absolute atomic E-state index is 13.4. The zero-order chi connectivity index (χ0) is 23.4. The van der Waals surface area contributed by atoms with Gasteiger partial charge in [-0.3, -0.25) is 9.69 Å². The summed E-state index contributed by atoms with van der Waals surface area (Å²) in [7, 11) is -2.41. The minimum absolute atomic E-state index is 0.0622. The number of sulfonamides is 1. The van der Waals surface area contributed by atoms with Crippen LogP contribution < -0.4 is 14.8 Å². The predicted molar refractivity (Wildman–Crippen MR) is 120 cm³/mol. The van der Waals surface area contributed by atoms with Gasteiger partial charge in [0.1, 0.15) is 16.5 Å². The van der Waals surface area contributed by atoms with E-state index >= 15 is 0 Å². The number of nitrogens with one attached hydrogen (secondary N) is 2. The van der Waals surface area contributed by atoms with Gasteiger partial charge < -0.3 is 14.8 Å². The average Bonchev–Trinajstić information content (AvgIpc) is 3.63. The lowest BCUT2D eigenvalue weighted by Crippen LogP contribution is -2.43. The number of benzene rings is 2. The number of nitrogens with zero attached hydrogens (tertiary/aromatic N) is 1. The number of amides is 1. The Kier molecular flexibility index (Phi) is 7.28. The van der Waals surface area contributed by atoms with Gasteiger partial charge in [0, 0.05) is 31.2 Å². The van der Waals surface area contributed by atoms with Gasteiger partial charge >= 0.3 is 0 Å². The van der Waals surface area contributed by atoms with Crippen molar-refractivity contribution in [2.45, 2.75) is 29.8 Å². The number of morpholine rings is 1. The molecule has 4 rings (SSSR count). The topological polar surface area (TPSA) is 97.0 Å². The van der Waals surface area contributed by atoms with E-state index in [1.54, 1.807) is 12.1 Å². The van der Waals surface area contributed by atoms with Crippen molar-refractivity contribution in [2.24, 2.45) is 0 Å². The minimum Gasteiger partial charge on any atom is -0.495 e. The number of hydrogen-bond donors (Lipinski definition) is 2. The summed E-state index contributed by atoms with van der Waals surface area (Å²) in [4.78, 5) is 15.1. The fourth-order valence-corrected chi connectivity index (χ4v) is 5.34. The molecule has 2 fully saturated rings. The number of carbonyl (C=O) groups excluding carboxylic acids is 1. The molecule has 1 unspecified atom stereocenters. The molecule has 1 amide bonds. The van der Waals surface area contributed by atoms with Crippen molar-refractivity contribution in [3.05, 3.63) is 59.4 Å². The molecule has 1 atom stereocenters. The van der Waals surface area contributed by atoms with Gasteiger partial charge in [-0.25, -0.2) is 17.5 Å². The van der Waals surface area contributed by atoms with Crippen LogP contribution in [-0.4, -0.2) is 65.2 Å². The minimum atomic E-state index is -3.80. The number of carbonyl (C=O) groups is 1. The monoisotopic (exact) mass is 477 g/mol. The molecule has 178 valence electrons. The summed E-state index contributed by atoms with van der Waals surface area (Å²) in [6, 6.07) is 10.3. The molecule has 8 nitrogen and oxygen atoms in total. The van der Waals surface area contributed by atoms with Gasteiger partial charge in [-0.2, -0.15) is 0 Å². The SMILES string of the molecule is COc1ccc(C(=O)NCC(c2ccc(F)cc2)N2CCOCC2)cc1S(=O)(=O)NC1CC1. The third-order valence-corrected chi connectivity index (χ3v) is 7.35. The second-order valence-electron chi connectivity index (χ2n) is 8.19. The fraction of sp³-hybridized carbons (Fsp3) is 0.435. The van der Waals surface area contributed by atoms with E-state index < -0.39 is 15.9 Å². The van der Waals surface area contributed by atoms with Gasteiger partial charge in [0.25, 0.3) is 5.91 Å². The van der Waals surface area contributed by atoms with E-state index in [-0.39, 0.29) is 40.7 Å². The molecule has 2 aromatic rings. The lowest BCUT2D eigenvalue weighted by atomic mass is 10.0. The van der Waals surface area contributed by atoms with E-state index in [1.165, 1.54) is 37.4 Å². The first-order valence-corrected chi connectivity index (χ1v) is 12.4. The Morgan fingerprint density at radius 3 is 2.52 bits per heavy atom. The molecule has 0 spiro atoms. The van der Waals surface area contributed by atoms with Crippen molar-refractivity contribution < 1.29 is 27.1 Å². The first-order chi connectivity index (χ1) is 15.9. The van der Waals surface area contributed by atoms with Crippen LogP contribution in [0.1, 0.15) is 34.8 Å². The quantitative estimate of drug-likeness (QED) is 0.574. The largest absolute Gasteiger partial charge is 0.495 e. The number of hydrogen-bond acceptors (Lipinski definition) is 6. The zero-order valence-electron chi connectivity index (χ0n) is 18.4. The van der Waals surface area contributed by atoms with E-state index in [0.717, 1.165) is 18.4 Å². The Hall–Kier alpha value is -2.53. The molecular weight excluding hydrogens is 449 g/mol. The van der Waals surface area contributed by atoms with Gasteiger partial charge in [0.15, 0.2) is 0 Å². The Morgan fingerprint density at radius 2 is 1.88 bits per heavy atom. The highest BCUT2D eigenvalue weighted by Gasteiger charge is 2.30. The lowest BCUT2D eigenvalue weighted by molar-refractivity contribution is 0.0162. The third-order valence-electron chi connectivity index (χ3n) is 5.81. The first kappa shape index (κ1) is 23.6. The maximum atomic E-state index is 13.4. The summed E-state index contributed by atoms with van der Waals surface area (Å²) in [6.07, 6.45) is 1.60. The highest BCUT2D eigenvalue weighted by molar-refractivity contribution is 7.89. The molecule has 2 aromatic carbocycles. The second-order valence-corrected chi connectivity index (χ2v) is 9.87. The average molecular weight is 478 g/mol. The highest BCUT2D eigenvalue weighted by Crippen LogP contribution is 2.28. The molecule has 1 aliphatic carbocycles. The molecule has 0 radical (unpaired) electrons. The van der Waals surface area contributed by atoms with Crippen molar-refractivity contribution in [3.63, 3.8) is 0 Å². The molecule has 1 saturated heterocycles. The van der Waals surface area contributed by atoms with E-state index in [9.17, 15) is 17.6 Å². The van der Waals surface area contributed by atoms with Crippen LogP contribution in [0.3, 0.4) is 0 Å². The van der Waals surface area contributed by atoms with Gasteiger partial charge in [-0.05, 0) is 48.7 Å². The molecule has 1 heterocycles. The lowest BCUT2D eigenvalue weighted by Gasteiger charge is -2.35. The number of ether oxygens (including phenoxy) is 2. The van der Waals surface area contributed by atoms with Crippen molar-refractivity contribution >= 4 is 15.9 Å². The van der Waals surface area contributed by atoms with Crippen LogP contribution in [0, 0.1) is 5.82 Å². The van der Waals surface area contributed by atoms with Crippen molar-refractivity contribution in [1.29, 1.82) is 0 Å². The predicted octanol–water partition coefficient (Wildman–Crippen LogP) is 2.08. The molecule has 2 N–H and O–H groups in total. The molecule has 1 saturated carbocycles. The van der Waals surface area contributed by atoms with E-state index in [4.69, 9.17) is 9.47 Å². The van der Waals surface area contributed by atoms with E-state index in [2.05, 4.69) is 14.9 Å². The van der Waals surface area contributed by atoms with Gasteiger partial charge in [0.05, 0.1) is 26.4 Å². The van der Waals surface area contributed by atoms with E-state index in [0.29, 0.717) is 26.3 Å². The van der Waals surface area contributed by atoms with Gasteiger partial charge in [0.2, 0.25) is 10.0 Å². The Labute approximate surface area is 193 Å². The summed E-state index contributed by atoms with van der Waals surface area (Å²) in [6.45, 7) is 2.82. The first-order valence-electron chi connectivity index (χ1n) is 10.9. The summed E-state index contributed by atoms with van der Waals surface area (Å²) in [5.74, 6) is -0.548. The Balaban J connectivity index is 1.52. The summed E-state index contributed by atoms with van der Waals surface area (Å²) < 4.78 is 52.2. The van der Waals surface area contributed by atoms with Crippen LogP contribution in [0.5, 0.6) is 5.75 Å². The van der Waals surface area contributed by atoms with Crippen LogP contribution in [0.2, 0.25) is 0 Å². The number of methoxy groups -OCH3 is 1. The second kappa shape index (κ2) is 10.2. The standard InChI is InChI=1S/C23H28FN3O5S/c1-31-21-9-4-17(14-22(21)33(29,30)26-19-7-8-19)23(28)25-15-20(27-10-12-32-13-11-27)16-2-5-18(24)6-3-16/h2-6,9,14,19-20,26H,7-8,10-13,15H2,1H3,(H,25,28). The molecule has 33 heavy (non-hydrogen) atoms. The Bertz CT molecular complexity index is 1080. The van der Waals surface area contributed by atoms with Crippen LogP contribution in [-0.2, 0) is 14.8 Å². The van der Waals surface area contributed by atoms with Gasteiger partial charge in [-0.1, -0.05) is 12.1 Å². The molecule has 0 aromatic heterocycles. The molecule has 2 aliphatic rings. The molecule has 0 bridgehead atoms. The van der Waals surface area contributed by atoms with Crippen molar-refractivity contribution in [3.8, 4) is 5.75 Å². The van der Waals surface area contributed by atoms with Crippen molar-refractivity contribution in [2.75, 3.05) is 40.0 Å². The third kappa shape index (κ3) is 5.89. The number of halogens is 1. The van der Waals surface area contributed by atoms with Crippen LogP contribution in [0.4, 0.5) is 4.39 Å². The van der Waals surface area contributed by atoms with E-state index in [1.807, 2.05) is 0 Å². The fourth-order valence-electron chi connectivity index (χ4n) is 3.84. The van der Waals surface area contributed by atoms with Gasteiger partial charge in [-0.15, -0.1) is 0 Å². The number of rotatable bonds is 9. The molecule has 1 aliphatic heterocycles. The summed E-state index contributed by atoms with van der Waals surface area (Å²) in [5, 5.41) is 2.91. The summed E-state index contributed by atoms with van der Waals surface area (Å²) >= 11 is 0. The normalized spacial score (nSPS) is 18.0. The smallest absolute Gasteiger partial charge is 0.251 e. The van der Waals surface area contributed by atoms with Crippen LogP contribution >= 0.6 is 0 Å². The molecular formula is C23H28FN3O5S. The summed E-state index contributed by atoms with van der Waals surface area (Å²) in [5.41, 5.74) is 1.09. The zero-order valence-corrected chi connectivity index (χ0v) is 19.2. The Morgan fingerprint density at radius 1 is 1.18 bits per heavy atom. The molecule has 10 heteroatoms. The highest BCUT2D eigenvalue weighted by atomic mass is 32.2.